The van der Waals surface area contributed by atoms with Gasteiger partial charge in [0, 0.05) is 25.7 Å². The minimum Gasteiger partial charge on any atom is -0.462 e. The van der Waals surface area contributed by atoms with E-state index in [0.717, 1.165) is 120 Å². The first-order valence-corrected chi connectivity index (χ1v) is 46.2. The normalized spacial score (nSPS) is 14.2. The standard InChI is InChI=1S/C84H164O17P2/c1-9-77(8)63-55-47-42-43-49-57-65-82(87)95-71-80(101-84(89)67-59-51-41-35-29-22-16-12-14-19-25-31-37-45-53-61-75(4)5)73-99-103(92,93)97-69-78(85)68-96-102(90,91)98-72-79(70-94-81(86)64-56-48-39-33-27-23-17-20-26-32-38-46-54-62-76(6)7)100-83(88)66-58-50-40-34-28-21-15-11-10-13-18-24-30-36-44-52-60-74(2)3/h74-80,85H,9-73H2,1-8H3,(H,90,91)(H,92,93)/t77?,78-,79-,80-/m1/s1. The highest BCUT2D eigenvalue weighted by Gasteiger charge is 2.30. The molecule has 103 heavy (non-hydrogen) atoms. The lowest BCUT2D eigenvalue weighted by Crippen LogP contribution is -2.30. The van der Waals surface area contributed by atoms with E-state index in [1.165, 1.54) is 231 Å². The van der Waals surface area contributed by atoms with Crippen molar-refractivity contribution in [3.63, 3.8) is 0 Å². The number of phosphoric ester groups is 2. The van der Waals surface area contributed by atoms with Crippen LogP contribution in [0.1, 0.15) is 434 Å². The van der Waals surface area contributed by atoms with Crippen LogP contribution in [0.3, 0.4) is 0 Å². The van der Waals surface area contributed by atoms with Gasteiger partial charge in [0.25, 0.3) is 0 Å². The zero-order chi connectivity index (χ0) is 76.0. The van der Waals surface area contributed by atoms with E-state index in [0.29, 0.717) is 25.7 Å². The third-order valence-corrected chi connectivity index (χ3v) is 21.8. The molecule has 0 aromatic carbocycles. The number of hydrogen-bond donors (Lipinski definition) is 3. The highest BCUT2D eigenvalue weighted by atomic mass is 31.2. The molecule has 0 fully saturated rings. The number of carbonyl (C=O) groups is 4. The van der Waals surface area contributed by atoms with Crippen LogP contribution in [0, 0.1) is 23.7 Å². The van der Waals surface area contributed by atoms with E-state index in [4.69, 9.17) is 37.0 Å². The molecule has 0 amide bonds. The van der Waals surface area contributed by atoms with Gasteiger partial charge in [0.05, 0.1) is 26.4 Å². The molecule has 6 atom stereocenters. The Morgan fingerprint density at radius 3 is 0.689 bits per heavy atom. The van der Waals surface area contributed by atoms with Gasteiger partial charge in [0.1, 0.15) is 19.3 Å². The van der Waals surface area contributed by atoms with Crippen molar-refractivity contribution in [1.82, 2.24) is 0 Å². The molecule has 0 radical (unpaired) electrons. The number of hydrogen-bond acceptors (Lipinski definition) is 15. The van der Waals surface area contributed by atoms with Gasteiger partial charge in [-0.3, -0.25) is 37.3 Å². The number of esters is 4. The molecular formula is C84H164O17P2. The van der Waals surface area contributed by atoms with E-state index >= 15 is 0 Å². The Balaban J connectivity index is 5.24. The van der Waals surface area contributed by atoms with Crippen molar-refractivity contribution < 1.29 is 80.2 Å². The molecule has 17 nitrogen and oxygen atoms in total. The summed E-state index contributed by atoms with van der Waals surface area (Å²) in [6.07, 6.45) is 61.1. The summed E-state index contributed by atoms with van der Waals surface area (Å²) in [6.45, 7) is 14.3. The van der Waals surface area contributed by atoms with Gasteiger partial charge in [0.15, 0.2) is 12.2 Å². The molecule has 612 valence electrons. The van der Waals surface area contributed by atoms with Gasteiger partial charge in [-0.25, -0.2) is 9.13 Å². The van der Waals surface area contributed by atoms with Gasteiger partial charge < -0.3 is 33.8 Å². The lowest BCUT2D eigenvalue weighted by Gasteiger charge is -2.21. The number of rotatable bonds is 81. The van der Waals surface area contributed by atoms with Crippen molar-refractivity contribution in [2.75, 3.05) is 39.6 Å². The topological polar surface area (TPSA) is 237 Å². The number of phosphoric acid groups is 2. The molecule has 0 spiro atoms. The Morgan fingerprint density at radius 1 is 0.272 bits per heavy atom. The molecule has 0 aliphatic carbocycles. The van der Waals surface area contributed by atoms with E-state index in [1.807, 2.05) is 0 Å². The molecule has 0 aromatic heterocycles. The van der Waals surface area contributed by atoms with E-state index in [1.54, 1.807) is 0 Å². The second-order valence-electron chi connectivity index (χ2n) is 31.9. The van der Waals surface area contributed by atoms with Crippen molar-refractivity contribution in [1.29, 1.82) is 0 Å². The largest absolute Gasteiger partial charge is 0.472 e. The van der Waals surface area contributed by atoms with Crippen LogP contribution in [0.2, 0.25) is 0 Å². The summed E-state index contributed by atoms with van der Waals surface area (Å²) in [5.74, 6) is 1.02. The summed E-state index contributed by atoms with van der Waals surface area (Å²) in [5.41, 5.74) is 0. The van der Waals surface area contributed by atoms with E-state index in [9.17, 15) is 43.2 Å². The van der Waals surface area contributed by atoms with Crippen LogP contribution >= 0.6 is 15.6 Å². The molecule has 0 rings (SSSR count). The fraction of sp³-hybridized carbons (Fsp3) is 0.952. The molecule has 0 aliphatic rings. The average Bonchev–Trinajstić information content (AvgIpc) is 0.912. The summed E-state index contributed by atoms with van der Waals surface area (Å²) < 4.78 is 68.8. The van der Waals surface area contributed by atoms with Gasteiger partial charge in [0.2, 0.25) is 0 Å². The Kier molecular flexibility index (Phi) is 71.5. The molecule has 3 unspecified atom stereocenters. The number of unbranched alkanes of at least 4 members (excludes halogenated alkanes) is 46. The fourth-order valence-electron chi connectivity index (χ4n) is 12.9. The van der Waals surface area contributed by atoms with Crippen LogP contribution in [0.5, 0.6) is 0 Å². The SMILES string of the molecule is CCC(C)CCCCCCCCC(=O)OC[C@H](COP(=O)(O)OC[C@H](O)COP(=O)(O)OC[C@@H](COC(=O)CCCCCCCCCCCCCCCC(C)C)OC(=O)CCCCCCCCCCCCCCCCCCC(C)C)OC(=O)CCCCCCCCCCCCCCCCCC(C)C. The van der Waals surface area contributed by atoms with Crippen LogP contribution < -0.4 is 0 Å². The predicted molar refractivity (Wildman–Crippen MR) is 423 cm³/mol. The van der Waals surface area contributed by atoms with Crippen molar-refractivity contribution in [2.45, 2.75) is 453 Å². The summed E-state index contributed by atoms with van der Waals surface area (Å²) in [5, 5.41) is 10.7. The van der Waals surface area contributed by atoms with E-state index in [2.05, 4.69) is 55.4 Å². The monoisotopic (exact) mass is 1510 g/mol. The van der Waals surface area contributed by atoms with Crippen molar-refractivity contribution >= 4 is 39.5 Å². The quantitative estimate of drug-likeness (QED) is 0.0222. The summed E-state index contributed by atoms with van der Waals surface area (Å²) in [7, 11) is -9.93. The van der Waals surface area contributed by atoms with Crippen LogP contribution in [0.25, 0.3) is 0 Å². The number of aliphatic hydroxyl groups is 1. The molecule has 0 saturated carbocycles. The summed E-state index contributed by atoms with van der Waals surface area (Å²) in [4.78, 5) is 73.2. The second kappa shape index (κ2) is 72.9. The molecule has 19 heteroatoms. The lowest BCUT2D eigenvalue weighted by molar-refractivity contribution is -0.161. The maximum atomic E-state index is 13.1. The van der Waals surface area contributed by atoms with Crippen LogP contribution in [0.4, 0.5) is 0 Å². The molecule has 0 heterocycles. The maximum Gasteiger partial charge on any atom is 0.472 e. The Bertz CT molecular complexity index is 2010. The molecule has 0 aliphatic heterocycles. The van der Waals surface area contributed by atoms with E-state index < -0.39 is 97.5 Å². The van der Waals surface area contributed by atoms with E-state index in [-0.39, 0.29) is 25.7 Å². The van der Waals surface area contributed by atoms with Crippen molar-refractivity contribution in [3.8, 4) is 0 Å². The smallest absolute Gasteiger partial charge is 0.462 e. The van der Waals surface area contributed by atoms with Gasteiger partial charge in [-0.1, -0.05) is 383 Å². The van der Waals surface area contributed by atoms with Gasteiger partial charge >= 0.3 is 39.5 Å². The van der Waals surface area contributed by atoms with Crippen LogP contribution in [-0.4, -0.2) is 96.7 Å². The third kappa shape index (κ3) is 76.6. The van der Waals surface area contributed by atoms with Gasteiger partial charge in [-0.2, -0.15) is 0 Å². The van der Waals surface area contributed by atoms with Crippen molar-refractivity contribution in [2.24, 2.45) is 23.7 Å². The van der Waals surface area contributed by atoms with Gasteiger partial charge in [-0.15, -0.1) is 0 Å². The summed E-state index contributed by atoms with van der Waals surface area (Å²) in [6, 6.07) is 0. The first kappa shape index (κ1) is 101. The Labute approximate surface area is 632 Å². The van der Waals surface area contributed by atoms with Crippen LogP contribution in [-0.2, 0) is 65.4 Å². The molecule has 0 aromatic rings. The Hall–Kier alpha value is -1.94. The molecular weight excluding hydrogens is 1340 g/mol. The summed E-state index contributed by atoms with van der Waals surface area (Å²) >= 11 is 0. The highest BCUT2D eigenvalue weighted by molar-refractivity contribution is 7.47. The minimum absolute atomic E-state index is 0.107. The predicted octanol–water partition coefficient (Wildman–Crippen LogP) is 25.2. The molecule has 3 N–H and O–H groups in total. The van der Waals surface area contributed by atoms with Crippen LogP contribution in [0.15, 0.2) is 0 Å². The average molecular weight is 1510 g/mol. The third-order valence-electron chi connectivity index (χ3n) is 19.9. The first-order valence-electron chi connectivity index (χ1n) is 43.2. The number of carbonyl (C=O) groups excluding carboxylic acids is 4. The zero-order valence-electron chi connectivity index (χ0n) is 68.0. The van der Waals surface area contributed by atoms with Gasteiger partial charge in [-0.05, 0) is 49.4 Å². The fourth-order valence-corrected chi connectivity index (χ4v) is 14.5. The molecule has 0 saturated heterocycles. The first-order chi connectivity index (χ1) is 49.6. The number of ether oxygens (including phenoxy) is 4. The Morgan fingerprint density at radius 2 is 0.466 bits per heavy atom. The zero-order valence-corrected chi connectivity index (χ0v) is 69.7. The molecule has 0 bridgehead atoms. The van der Waals surface area contributed by atoms with Crippen molar-refractivity contribution in [3.05, 3.63) is 0 Å². The number of aliphatic hydroxyl groups excluding tert-OH is 1. The minimum atomic E-state index is -4.96. The maximum absolute atomic E-state index is 13.1. The highest BCUT2D eigenvalue weighted by Crippen LogP contribution is 2.45. The second-order valence-corrected chi connectivity index (χ2v) is 34.8. The lowest BCUT2D eigenvalue weighted by atomic mass is 10.00.